The Kier molecular flexibility index (Phi) is 5.01. The van der Waals surface area contributed by atoms with Crippen molar-refractivity contribution in [3.05, 3.63) is 29.8 Å². The number of hydrogen-bond acceptors (Lipinski definition) is 3. The molecular formula is C13H15F2NO2S. The van der Waals surface area contributed by atoms with Gasteiger partial charge in [-0.25, -0.2) is 17.2 Å². The Labute approximate surface area is 111 Å². The molecule has 1 aromatic rings. The Morgan fingerprint density at radius 1 is 1.32 bits per heavy atom. The molecule has 0 saturated heterocycles. The second-order valence-electron chi connectivity index (χ2n) is 4.44. The molecular weight excluding hydrogens is 272 g/mol. The molecule has 3 nitrogen and oxygen atoms in total. The minimum Gasteiger partial charge on any atom is -0.222 e. The smallest absolute Gasteiger partial charge is 0.194 e. The predicted octanol–water partition coefficient (Wildman–Crippen LogP) is 3.07. The maximum absolute atomic E-state index is 13.1. The van der Waals surface area contributed by atoms with Gasteiger partial charge in [0.15, 0.2) is 26.7 Å². The van der Waals surface area contributed by atoms with Crippen LogP contribution in [0.15, 0.2) is 23.1 Å². The second kappa shape index (κ2) is 6.11. The van der Waals surface area contributed by atoms with E-state index in [4.69, 9.17) is 5.26 Å². The molecule has 1 rings (SSSR count). The van der Waals surface area contributed by atoms with Crippen LogP contribution in [0.1, 0.15) is 26.7 Å². The van der Waals surface area contributed by atoms with Crippen molar-refractivity contribution in [2.75, 3.05) is 0 Å². The van der Waals surface area contributed by atoms with E-state index in [2.05, 4.69) is 0 Å². The molecule has 0 N–H and O–H groups in total. The topological polar surface area (TPSA) is 57.9 Å². The van der Waals surface area contributed by atoms with Crippen molar-refractivity contribution in [2.24, 2.45) is 5.92 Å². The number of halogens is 2. The summed E-state index contributed by atoms with van der Waals surface area (Å²) >= 11 is 0. The summed E-state index contributed by atoms with van der Waals surface area (Å²) in [4.78, 5) is -0.360. The van der Waals surface area contributed by atoms with E-state index in [1.54, 1.807) is 13.0 Å². The second-order valence-corrected chi connectivity index (χ2v) is 6.51. The average Bonchev–Trinajstić information content (AvgIpc) is 2.33. The summed E-state index contributed by atoms with van der Waals surface area (Å²) in [6.07, 6.45) is 1.31. The van der Waals surface area contributed by atoms with Gasteiger partial charge in [-0.15, -0.1) is 0 Å². The molecule has 0 bridgehead atoms. The Bertz CT molecular complexity index is 593. The summed E-state index contributed by atoms with van der Waals surface area (Å²) in [5.41, 5.74) is 0. The molecule has 2 atom stereocenters. The SMILES string of the molecule is CCCC(C)C(C#N)S(=O)(=O)c1ccc(F)c(F)c1. The lowest BCUT2D eigenvalue weighted by Gasteiger charge is -2.17. The first-order chi connectivity index (χ1) is 8.84. The third-order valence-electron chi connectivity index (χ3n) is 2.94. The molecule has 0 aliphatic rings. The highest BCUT2D eigenvalue weighted by atomic mass is 32.2. The fourth-order valence-electron chi connectivity index (χ4n) is 1.91. The van der Waals surface area contributed by atoms with E-state index >= 15 is 0 Å². The molecule has 0 fully saturated rings. The third kappa shape index (κ3) is 3.29. The predicted molar refractivity (Wildman–Crippen MR) is 67.0 cm³/mol. The van der Waals surface area contributed by atoms with E-state index in [1.807, 2.05) is 6.92 Å². The number of nitrogens with zero attached hydrogens (tertiary/aromatic N) is 1. The summed E-state index contributed by atoms with van der Waals surface area (Å²) in [6, 6.07) is 4.11. The van der Waals surface area contributed by atoms with E-state index in [9.17, 15) is 17.2 Å². The molecule has 1 aromatic carbocycles. The summed E-state index contributed by atoms with van der Waals surface area (Å²) < 4.78 is 50.4. The van der Waals surface area contributed by atoms with E-state index < -0.39 is 26.7 Å². The minimum absolute atomic E-state index is 0.360. The quantitative estimate of drug-likeness (QED) is 0.782. The van der Waals surface area contributed by atoms with E-state index in [0.29, 0.717) is 12.5 Å². The van der Waals surface area contributed by atoms with Crippen LogP contribution in [0.2, 0.25) is 0 Å². The van der Waals surface area contributed by atoms with Gasteiger partial charge in [0, 0.05) is 0 Å². The Hall–Kier alpha value is -1.48. The fourth-order valence-corrected chi connectivity index (χ4v) is 3.61. The molecule has 19 heavy (non-hydrogen) atoms. The maximum Gasteiger partial charge on any atom is 0.194 e. The number of nitriles is 1. The Morgan fingerprint density at radius 3 is 2.42 bits per heavy atom. The summed E-state index contributed by atoms with van der Waals surface area (Å²) in [7, 11) is -3.98. The molecule has 2 unspecified atom stereocenters. The lowest BCUT2D eigenvalue weighted by molar-refractivity contribution is 0.499. The van der Waals surface area contributed by atoms with Crippen molar-refractivity contribution >= 4 is 9.84 Å². The monoisotopic (exact) mass is 287 g/mol. The van der Waals surface area contributed by atoms with Gasteiger partial charge in [0.1, 0.15) is 0 Å². The molecule has 6 heteroatoms. The first-order valence-corrected chi connectivity index (χ1v) is 7.47. The standard InChI is InChI=1S/C13H15F2NO2S/c1-3-4-9(2)13(8-16)19(17,18)10-5-6-11(14)12(15)7-10/h5-7,9,13H,3-4H2,1-2H3. The number of sulfone groups is 1. The van der Waals surface area contributed by atoms with Gasteiger partial charge < -0.3 is 0 Å². The van der Waals surface area contributed by atoms with E-state index in [0.717, 1.165) is 18.6 Å². The van der Waals surface area contributed by atoms with Crippen molar-refractivity contribution < 1.29 is 17.2 Å². The highest BCUT2D eigenvalue weighted by molar-refractivity contribution is 7.92. The van der Waals surface area contributed by atoms with Gasteiger partial charge in [-0.1, -0.05) is 20.3 Å². The van der Waals surface area contributed by atoms with Crippen molar-refractivity contribution in [1.29, 1.82) is 5.26 Å². The molecule has 0 aliphatic heterocycles. The highest BCUT2D eigenvalue weighted by Gasteiger charge is 2.32. The van der Waals surface area contributed by atoms with Crippen LogP contribution in [0.5, 0.6) is 0 Å². The average molecular weight is 287 g/mol. The number of benzene rings is 1. The normalized spacial score (nSPS) is 14.7. The van der Waals surface area contributed by atoms with Crippen LogP contribution in [0, 0.1) is 28.9 Å². The van der Waals surface area contributed by atoms with Crippen LogP contribution in [0.3, 0.4) is 0 Å². The zero-order valence-corrected chi connectivity index (χ0v) is 11.5. The van der Waals surface area contributed by atoms with Gasteiger partial charge in [0.2, 0.25) is 0 Å². The Balaban J connectivity index is 3.21. The van der Waals surface area contributed by atoms with E-state index in [1.165, 1.54) is 0 Å². The van der Waals surface area contributed by atoms with Crippen LogP contribution in [0.25, 0.3) is 0 Å². The largest absolute Gasteiger partial charge is 0.222 e. The Morgan fingerprint density at radius 2 is 1.95 bits per heavy atom. The fraction of sp³-hybridized carbons (Fsp3) is 0.462. The highest BCUT2D eigenvalue weighted by Crippen LogP contribution is 2.25. The molecule has 0 radical (unpaired) electrons. The molecule has 0 aliphatic carbocycles. The van der Waals surface area contributed by atoms with Gasteiger partial charge in [0.25, 0.3) is 0 Å². The molecule has 0 aromatic heterocycles. The van der Waals surface area contributed by atoms with Gasteiger partial charge in [-0.3, -0.25) is 0 Å². The lowest BCUT2D eigenvalue weighted by Crippen LogP contribution is -2.27. The van der Waals surface area contributed by atoms with Crippen LogP contribution in [-0.2, 0) is 9.84 Å². The first kappa shape index (κ1) is 15.6. The van der Waals surface area contributed by atoms with Crippen LogP contribution in [0.4, 0.5) is 8.78 Å². The summed E-state index contributed by atoms with van der Waals surface area (Å²) in [5.74, 6) is -2.72. The molecule has 104 valence electrons. The van der Waals surface area contributed by atoms with Gasteiger partial charge in [-0.05, 0) is 30.5 Å². The van der Waals surface area contributed by atoms with Gasteiger partial charge in [-0.2, -0.15) is 5.26 Å². The zero-order chi connectivity index (χ0) is 14.6. The molecule has 0 amide bonds. The third-order valence-corrected chi connectivity index (χ3v) is 5.09. The molecule has 0 spiro atoms. The van der Waals surface area contributed by atoms with Gasteiger partial charge in [0.05, 0.1) is 11.0 Å². The molecule has 0 saturated carbocycles. The number of rotatable bonds is 5. The van der Waals surface area contributed by atoms with Crippen LogP contribution in [-0.4, -0.2) is 13.7 Å². The summed E-state index contributed by atoms with van der Waals surface area (Å²) in [6.45, 7) is 3.55. The maximum atomic E-state index is 13.1. The minimum atomic E-state index is -3.98. The van der Waals surface area contributed by atoms with Crippen LogP contribution < -0.4 is 0 Å². The van der Waals surface area contributed by atoms with Crippen molar-refractivity contribution in [2.45, 2.75) is 36.8 Å². The lowest BCUT2D eigenvalue weighted by atomic mass is 10.0. The van der Waals surface area contributed by atoms with Gasteiger partial charge >= 0.3 is 0 Å². The number of hydrogen-bond donors (Lipinski definition) is 0. The van der Waals surface area contributed by atoms with Crippen molar-refractivity contribution in [3.8, 4) is 6.07 Å². The summed E-state index contributed by atoms with van der Waals surface area (Å²) in [5, 5.41) is 7.79. The van der Waals surface area contributed by atoms with Crippen LogP contribution >= 0.6 is 0 Å². The van der Waals surface area contributed by atoms with Crippen molar-refractivity contribution in [1.82, 2.24) is 0 Å². The zero-order valence-electron chi connectivity index (χ0n) is 10.7. The van der Waals surface area contributed by atoms with Crippen molar-refractivity contribution in [3.63, 3.8) is 0 Å². The molecule has 0 heterocycles. The van der Waals surface area contributed by atoms with E-state index in [-0.39, 0.29) is 10.8 Å². The first-order valence-electron chi connectivity index (χ1n) is 5.93.